The summed E-state index contributed by atoms with van der Waals surface area (Å²) < 4.78 is 10.4. The van der Waals surface area contributed by atoms with Gasteiger partial charge in [0.05, 0.1) is 23.7 Å². The van der Waals surface area contributed by atoms with Gasteiger partial charge in [-0.15, -0.1) is 0 Å². The van der Waals surface area contributed by atoms with Crippen molar-refractivity contribution < 1.29 is 18.9 Å². The second-order valence-corrected chi connectivity index (χ2v) is 6.84. The quantitative estimate of drug-likeness (QED) is 0.365. The molecular formula is C20H20N4O5. The van der Waals surface area contributed by atoms with Gasteiger partial charge in [-0.05, 0) is 44.0 Å². The fourth-order valence-electron chi connectivity index (χ4n) is 3.68. The number of hydrogen-bond acceptors (Lipinski definition) is 8. The van der Waals surface area contributed by atoms with Crippen molar-refractivity contribution in [2.75, 3.05) is 24.6 Å². The number of nitro groups is 1. The molecule has 1 aliphatic rings. The van der Waals surface area contributed by atoms with Crippen LogP contribution >= 0.6 is 0 Å². The highest BCUT2D eigenvalue weighted by Crippen LogP contribution is 2.37. The minimum absolute atomic E-state index is 0.134. The molecule has 9 heteroatoms. The van der Waals surface area contributed by atoms with Crippen molar-refractivity contribution in [1.29, 1.82) is 0 Å². The molecule has 0 radical (unpaired) electrons. The van der Waals surface area contributed by atoms with Gasteiger partial charge in [-0.1, -0.05) is 0 Å². The van der Waals surface area contributed by atoms with Crippen LogP contribution < -0.4 is 4.90 Å². The first-order valence-electron chi connectivity index (χ1n) is 9.47. The molecule has 3 heterocycles. The Morgan fingerprint density at radius 1 is 1.31 bits per heavy atom. The zero-order valence-corrected chi connectivity index (χ0v) is 15.9. The molecule has 1 fully saturated rings. The molecule has 0 N–H and O–H groups in total. The maximum absolute atomic E-state index is 12.0. The smallest absolute Gasteiger partial charge is 0.337 e. The van der Waals surface area contributed by atoms with E-state index in [1.807, 2.05) is 11.0 Å². The first kappa shape index (κ1) is 18.9. The van der Waals surface area contributed by atoms with Crippen LogP contribution in [0.25, 0.3) is 22.2 Å². The number of rotatable bonds is 5. The van der Waals surface area contributed by atoms with Crippen molar-refractivity contribution in [3.05, 3.63) is 47.0 Å². The predicted molar refractivity (Wildman–Crippen MR) is 105 cm³/mol. The van der Waals surface area contributed by atoms with Gasteiger partial charge in [0.1, 0.15) is 11.9 Å². The van der Waals surface area contributed by atoms with Gasteiger partial charge in [0.15, 0.2) is 5.69 Å². The Morgan fingerprint density at radius 2 is 2.10 bits per heavy atom. The summed E-state index contributed by atoms with van der Waals surface area (Å²) >= 11 is 0. The lowest BCUT2D eigenvalue weighted by atomic mass is 9.97. The molecule has 2 aromatic heterocycles. The zero-order valence-electron chi connectivity index (χ0n) is 15.9. The number of carbonyl (C=O) groups is 1. The van der Waals surface area contributed by atoms with Crippen LogP contribution in [-0.4, -0.2) is 40.6 Å². The van der Waals surface area contributed by atoms with Gasteiger partial charge in [-0.25, -0.2) is 9.97 Å². The van der Waals surface area contributed by atoms with Crippen LogP contribution in [0.3, 0.4) is 0 Å². The van der Waals surface area contributed by atoms with E-state index < -0.39 is 4.92 Å². The van der Waals surface area contributed by atoms with Gasteiger partial charge in [0.25, 0.3) is 0 Å². The zero-order chi connectivity index (χ0) is 20.4. The van der Waals surface area contributed by atoms with E-state index in [2.05, 4.69) is 9.97 Å². The Kier molecular flexibility index (Phi) is 5.11. The average molecular weight is 396 g/mol. The van der Waals surface area contributed by atoms with E-state index in [0.29, 0.717) is 43.7 Å². The first-order chi connectivity index (χ1) is 14.1. The normalized spacial score (nSPS) is 14.9. The summed E-state index contributed by atoms with van der Waals surface area (Å²) in [6, 6.07) is 7.12. The Balaban J connectivity index is 1.66. The summed E-state index contributed by atoms with van der Waals surface area (Å²) in [4.78, 5) is 33.7. The summed E-state index contributed by atoms with van der Waals surface area (Å²) in [7, 11) is 0. The second kappa shape index (κ2) is 7.86. The first-order valence-corrected chi connectivity index (χ1v) is 9.47. The molecule has 0 bridgehead atoms. The molecule has 0 unspecified atom stereocenters. The summed E-state index contributed by atoms with van der Waals surface area (Å²) in [5.74, 6) is -0.122. The highest BCUT2D eigenvalue weighted by atomic mass is 16.6. The summed E-state index contributed by atoms with van der Waals surface area (Å²) in [5, 5.41) is 12.8. The fraction of sp³-hybridized carbons (Fsp3) is 0.350. The summed E-state index contributed by atoms with van der Waals surface area (Å²) in [5.41, 5.74) is 1.45. The third kappa shape index (κ3) is 3.63. The van der Waals surface area contributed by atoms with E-state index in [9.17, 15) is 14.9 Å². The van der Waals surface area contributed by atoms with E-state index in [-0.39, 0.29) is 29.1 Å². The topological polar surface area (TPSA) is 112 Å². The maximum atomic E-state index is 12.0. The van der Waals surface area contributed by atoms with E-state index in [1.54, 1.807) is 31.4 Å². The van der Waals surface area contributed by atoms with Crippen LogP contribution in [0, 0.1) is 16.0 Å². The lowest BCUT2D eigenvalue weighted by Crippen LogP contribution is -2.37. The molecule has 0 amide bonds. The number of benzene rings is 1. The monoisotopic (exact) mass is 396 g/mol. The molecule has 4 rings (SSSR count). The highest BCUT2D eigenvalue weighted by Gasteiger charge is 2.32. The molecule has 0 saturated carbocycles. The number of hydrogen-bond donors (Lipinski definition) is 0. The van der Waals surface area contributed by atoms with Gasteiger partial charge in [-0.3, -0.25) is 14.9 Å². The molecule has 0 spiro atoms. The number of nitrogens with zero attached hydrogens (tertiary/aromatic N) is 4. The number of ether oxygens (including phenoxy) is 1. The Bertz CT molecular complexity index is 1060. The third-order valence-corrected chi connectivity index (χ3v) is 5.13. The number of aromatic nitrogens is 2. The van der Waals surface area contributed by atoms with Gasteiger partial charge >= 0.3 is 11.7 Å². The van der Waals surface area contributed by atoms with Crippen LogP contribution in [0.5, 0.6) is 0 Å². The predicted octanol–water partition coefficient (Wildman–Crippen LogP) is 3.58. The molecule has 1 aliphatic heterocycles. The van der Waals surface area contributed by atoms with Gasteiger partial charge in [-0.2, -0.15) is 0 Å². The SMILES string of the molecule is CCOC(=O)C1CCN(c2ncnc(-c3ccc4occc4c3)c2[N+](=O)[O-])CC1. The van der Waals surface area contributed by atoms with Crippen molar-refractivity contribution in [1.82, 2.24) is 9.97 Å². The van der Waals surface area contributed by atoms with E-state index in [1.165, 1.54) is 6.33 Å². The van der Waals surface area contributed by atoms with Gasteiger partial charge in [0.2, 0.25) is 5.82 Å². The number of anilines is 1. The van der Waals surface area contributed by atoms with E-state index in [0.717, 1.165) is 5.39 Å². The molecular weight excluding hydrogens is 376 g/mol. The summed E-state index contributed by atoms with van der Waals surface area (Å²) in [6.07, 6.45) is 4.04. The number of fused-ring (bicyclic) bond motifs is 1. The molecule has 0 atom stereocenters. The van der Waals surface area contributed by atoms with Crippen molar-refractivity contribution >= 4 is 28.4 Å². The Morgan fingerprint density at radius 3 is 2.83 bits per heavy atom. The molecule has 9 nitrogen and oxygen atoms in total. The molecule has 150 valence electrons. The van der Waals surface area contributed by atoms with Crippen molar-refractivity contribution in [2.45, 2.75) is 19.8 Å². The number of carbonyl (C=O) groups excluding carboxylic acids is 1. The molecule has 1 aromatic carbocycles. The standard InChI is InChI=1S/C20H20N4O5/c1-2-28-20(25)13-5-8-23(9-6-13)19-18(24(26)27)17(21-12-22-19)15-3-4-16-14(11-15)7-10-29-16/h3-4,7,10-13H,2,5-6,8-9H2,1H3. The average Bonchev–Trinajstić information content (AvgIpc) is 3.21. The van der Waals surface area contributed by atoms with Crippen LogP contribution in [0.4, 0.5) is 11.5 Å². The maximum Gasteiger partial charge on any atom is 0.337 e. The number of furan rings is 1. The van der Waals surface area contributed by atoms with Crippen molar-refractivity contribution in [3.8, 4) is 11.3 Å². The minimum atomic E-state index is -0.443. The fourth-order valence-corrected chi connectivity index (χ4v) is 3.68. The van der Waals surface area contributed by atoms with E-state index >= 15 is 0 Å². The second-order valence-electron chi connectivity index (χ2n) is 6.84. The Labute approximate surface area is 166 Å². The number of esters is 1. The molecule has 29 heavy (non-hydrogen) atoms. The van der Waals surface area contributed by atoms with Crippen molar-refractivity contribution in [2.24, 2.45) is 5.92 Å². The van der Waals surface area contributed by atoms with Gasteiger partial charge < -0.3 is 14.1 Å². The molecule has 0 aliphatic carbocycles. The van der Waals surface area contributed by atoms with Crippen LogP contribution in [-0.2, 0) is 9.53 Å². The van der Waals surface area contributed by atoms with Crippen LogP contribution in [0.15, 0.2) is 41.3 Å². The van der Waals surface area contributed by atoms with Crippen LogP contribution in [0.1, 0.15) is 19.8 Å². The highest BCUT2D eigenvalue weighted by molar-refractivity contribution is 5.86. The minimum Gasteiger partial charge on any atom is -0.466 e. The molecule has 1 saturated heterocycles. The van der Waals surface area contributed by atoms with Gasteiger partial charge in [0, 0.05) is 24.0 Å². The third-order valence-electron chi connectivity index (χ3n) is 5.13. The summed E-state index contributed by atoms with van der Waals surface area (Å²) in [6.45, 7) is 3.10. The molecule has 3 aromatic rings. The Hall–Kier alpha value is -3.49. The van der Waals surface area contributed by atoms with Crippen LogP contribution in [0.2, 0.25) is 0 Å². The lowest BCUT2D eigenvalue weighted by molar-refractivity contribution is -0.383. The largest absolute Gasteiger partial charge is 0.466 e. The van der Waals surface area contributed by atoms with Crippen molar-refractivity contribution in [3.63, 3.8) is 0 Å². The number of piperidine rings is 1. The lowest BCUT2D eigenvalue weighted by Gasteiger charge is -2.31. The van der Waals surface area contributed by atoms with E-state index in [4.69, 9.17) is 9.15 Å².